The minimum absolute atomic E-state index is 0.766. The van der Waals surface area contributed by atoms with Crippen LogP contribution in [0, 0.1) is 29.1 Å². The summed E-state index contributed by atoms with van der Waals surface area (Å²) in [6, 6.07) is 0. The first-order chi connectivity index (χ1) is 6.74. The molecule has 3 rings (SSSR count). The molecule has 5 atom stereocenters. The van der Waals surface area contributed by atoms with E-state index < -0.39 is 0 Å². The molecule has 3 aliphatic carbocycles. The van der Waals surface area contributed by atoms with Crippen molar-refractivity contribution in [3.63, 3.8) is 0 Å². The van der Waals surface area contributed by atoms with E-state index in [0.29, 0.717) is 0 Å². The SMILES string of the molecule is CCCCC1(C)CC2CC1C1CCC21. The fourth-order valence-corrected chi connectivity index (χ4v) is 4.97. The van der Waals surface area contributed by atoms with Gasteiger partial charge in [-0.3, -0.25) is 0 Å². The van der Waals surface area contributed by atoms with E-state index >= 15 is 0 Å². The lowest BCUT2D eigenvalue weighted by Gasteiger charge is -2.48. The summed E-state index contributed by atoms with van der Waals surface area (Å²) in [4.78, 5) is 0. The molecule has 0 amide bonds. The molecular weight excluding hydrogens is 168 g/mol. The molecule has 0 N–H and O–H groups in total. The summed E-state index contributed by atoms with van der Waals surface area (Å²) < 4.78 is 0. The van der Waals surface area contributed by atoms with Gasteiger partial charge >= 0.3 is 0 Å². The van der Waals surface area contributed by atoms with Crippen LogP contribution in [0.5, 0.6) is 0 Å². The largest absolute Gasteiger partial charge is 0.0654 e. The van der Waals surface area contributed by atoms with E-state index in [-0.39, 0.29) is 0 Å². The summed E-state index contributed by atoms with van der Waals surface area (Å²) in [7, 11) is 0. The number of rotatable bonds is 3. The maximum Gasteiger partial charge on any atom is -0.0292 e. The standard InChI is InChI=1S/C14H24/c1-3-4-7-14(2)9-10-8-13(14)12-6-5-11(10)12/h10-13H,3-9H2,1-2H3. The third-order valence-electron chi connectivity index (χ3n) is 5.79. The van der Waals surface area contributed by atoms with Gasteiger partial charge in [0, 0.05) is 0 Å². The predicted molar refractivity (Wildman–Crippen MR) is 60.1 cm³/mol. The Bertz CT molecular complexity index is 230. The van der Waals surface area contributed by atoms with Gasteiger partial charge in [0.1, 0.15) is 0 Å². The van der Waals surface area contributed by atoms with E-state index in [9.17, 15) is 0 Å². The van der Waals surface area contributed by atoms with Crippen LogP contribution in [0.4, 0.5) is 0 Å². The molecule has 5 unspecified atom stereocenters. The summed E-state index contributed by atoms with van der Waals surface area (Å²) in [5.74, 6) is 4.66. The van der Waals surface area contributed by atoms with Crippen LogP contribution in [-0.4, -0.2) is 0 Å². The second kappa shape index (κ2) is 3.00. The maximum absolute atomic E-state index is 2.60. The molecule has 0 aliphatic heterocycles. The highest BCUT2D eigenvalue weighted by molar-refractivity contribution is 5.09. The van der Waals surface area contributed by atoms with E-state index in [2.05, 4.69) is 13.8 Å². The van der Waals surface area contributed by atoms with E-state index in [4.69, 9.17) is 0 Å². The van der Waals surface area contributed by atoms with Crippen molar-refractivity contribution in [1.82, 2.24) is 0 Å². The number of fused-ring (bicyclic) bond motifs is 5. The Morgan fingerprint density at radius 3 is 2.57 bits per heavy atom. The molecule has 3 fully saturated rings. The maximum atomic E-state index is 2.60. The third kappa shape index (κ3) is 1.06. The monoisotopic (exact) mass is 192 g/mol. The molecule has 80 valence electrons. The van der Waals surface area contributed by atoms with Crippen molar-refractivity contribution in [1.29, 1.82) is 0 Å². The summed E-state index contributed by atoms with van der Waals surface area (Å²) in [5, 5.41) is 0. The van der Waals surface area contributed by atoms with Gasteiger partial charge in [-0.05, 0) is 61.2 Å². The topological polar surface area (TPSA) is 0 Å². The molecule has 0 nitrogen and oxygen atoms in total. The number of hydrogen-bond donors (Lipinski definition) is 0. The Morgan fingerprint density at radius 1 is 1.21 bits per heavy atom. The first kappa shape index (κ1) is 9.24. The van der Waals surface area contributed by atoms with Crippen molar-refractivity contribution in [2.24, 2.45) is 29.1 Å². The lowest BCUT2D eigenvalue weighted by molar-refractivity contribution is 0.00888. The minimum atomic E-state index is 0.766. The molecule has 0 aromatic heterocycles. The summed E-state index contributed by atoms with van der Waals surface area (Å²) in [5.41, 5.74) is 0.766. The number of unbranched alkanes of at least 4 members (excludes halogenated alkanes) is 1. The van der Waals surface area contributed by atoms with Gasteiger partial charge in [0.25, 0.3) is 0 Å². The first-order valence-electron chi connectivity index (χ1n) is 6.74. The molecule has 3 aliphatic rings. The highest BCUT2D eigenvalue weighted by Gasteiger charge is 2.60. The summed E-state index contributed by atoms with van der Waals surface area (Å²) >= 11 is 0. The average molecular weight is 192 g/mol. The molecule has 0 heterocycles. The third-order valence-corrected chi connectivity index (χ3v) is 5.79. The fraction of sp³-hybridized carbons (Fsp3) is 1.00. The molecular formula is C14H24. The first-order valence-corrected chi connectivity index (χ1v) is 6.74. The van der Waals surface area contributed by atoms with Gasteiger partial charge < -0.3 is 0 Å². The van der Waals surface area contributed by atoms with E-state index in [1.165, 1.54) is 31.1 Å². The van der Waals surface area contributed by atoms with Crippen LogP contribution in [0.15, 0.2) is 0 Å². The normalized spacial score (nSPS) is 54.4. The van der Waals surface area contributed by atoms with Gasteiger partial charge in [-0.2, -0.15) is 0 Å². The average Bonchev–Trinajstić information content (AvgIpc) is 2.50. The Kier molecular flexibility index (Phi) is 1.98. The zero-order valence-corrected chi connectivity index (χ0v) is 9.76. The van der Waals surface area contributed by atoms with E-state index in [1.54, 1.807) is 25.7 Å². The quantitative estimate of drug-likeness (QED) is 0.627. The Hall–Kier alpha value is 0. The highest BCUT2D eigenvalue weighted by atomic mass is 14.6. The van der Waals surface area contributed by atoms with Gasteiger partial charge in [-0.15, -0.1) is 0 Å². The molecule has 14 heavy (non-hydrogen) atoms. The van der Waals surface area contributed by atoms with Crippen molar-refractivity contribution in [2.45, 2.75) is 58.8 Å². The van der Waals surface area contributed by atoms with Gasteiger partial charge in [0.2, 0.25) is 0 Å². The van der Waals surface area contributed by atoms with Crippen LogP contribution in [-0.2, 0) is 0 Å². The second-order valence-electron chi connectivity index (χ2n) is 6.47. The van der Waals surface area contributed by atoms with Crippen molar-refractivity contribution in [3.8, 4) is 0 Å². The highest BCUT2D eigenvalue weighted by Crippen LogP contribution is 2.68. The summed E-state index contributed by atoms with van der Waals surface area (Å²) in [6.45, 7) is 4.94. The van der Waals surface area contributed by atoms with E-state index in [1.807, 2.05) is 0 Å². The van der Waals surface area contributed by atoms with Gasteiger partial charge in [0.05, 0.1) is 0 Å². The molecule has 0 saturated heterocycles. The van der Waals surface area contributed by atoms with Crippen molar-refractivity contribution in [3.05, 3.63) is 0 Å². The molecule has 0 spiro atoms. The van der Waals surface area contributed by atoms with Crippen LogP contribution in [0.2, 0.25) is 0 Å². The van der Waals surface area contributed by atoms with Crippen molar-refractivity contribution >= 4 is 0 Å². The second-order valence-corrected chi connectivity index (χ2v) is 6.47. The van der Waals surface area contributed by atoms with Crippen molar-refractivity contribution < 1.29 is 0 Å². The molecule has 0 aromatic carbocycles. The fourth-order valence-electron chi connectivity index (χ4n) is 4.97. The van der Waals surface area contributed by atoms with Crippen LogP contribution in [0.25, 0.3) is 0 Å². The molecule has 0 heteroatoms. The summed E-state index contributed by atoms with van der Waals surface area (Å²) in [6.07, 6.45) is 10.7. The Balaban J connectivity index is 1.72. The smallest absolute Gasteiger partial charge is 0.0292 e. The van der Waals surface area contributed by atoms with Crippen LogP contribution in [0.1, 0.15) is 58.8 Å². The van der Waals surface area contributed by atoms with Crippen LogP contribution < -0.4 is 0 Å². The zero-order valence-electron chi connectivity index (χ0n) is 9.76. The molecule has 3 saturated carbocycles. The van der Waals surface area contributed by atoms with Gasteiger partial charge in [0.15, 0.2) is 0 Å². The van der Waals surface area contributed by atoms with Gasteiger partial charge in [-0.1, -0.05) is 26.7 Å². The van der Waals surface area contributed by atoms with Crippen molar-refractivity contribution in [2.75, 3.05) is 0 Å². The van der Waals surface area contributed by atoms with E-state index in [0.717, 1.165) is 17.3 Å². The lowest BCUT2D eigenvalue weighted by atomic mass is 9.57. The zero-order chi connectivity index (χ0) is 9.76. The molecule has 2 bridgehead atoms. The molecule has 0 aromatic rings. The lowest BCUT2D eigenvalue weighted by Crippen LogP contribution is -2.40. The minimum Gasteiger partial charge on any atom is -0.0654 e. The van der Waals surface area contributed by atoms with Crippen LogP contribution in [0.3, 0.4) is 0 Å². The van der Waals surface area contributed by atoms with Crippen LogP contribution >= 0.6 is 0 Å². The Morgan fingerprint density at radius 2 is 2.00 bits per heavy atom. The molecule has 0 radical (unpaired) electrons. The Labute approximate surface area is 88.5 Å². The number of hydrogen-bond acceptors (Lipinski definition) is 0. The predicted octanol–water partition coefficient (Wildman–Crippen LogP) is 4.25. The van der Waals surface area contributed by atoms with Gasteiger partial charge in [-0.25, -0.2) is 0 Å².